The molecule has 0 aliphatic heterocycles. The number of ether oxygens (including phenoxy) is 2. The van der Waals surface area contributed by atoms with Crippen LogP contribution in [-0.2, 0) is 4.74 Å². The standard InChI is InChI=1S/C28H29N3O5/c1-16-11-20(17(2)31-22-10-8-7-9-19(22)26(33)36-28(3,4)5)25-21(12-16)23(32)13-24(35-25)18-14-29-27(34-6)30-15-18/h7-15,17,31H,1-6H3. The van der Waals surface area contributed by atoms with Crippen molar-refractivity contribution in [2.24, 2.45) is 0 Å². The molecule has 1 N–H and O–H groups in total. The Kier molecular flexibility index (Phi) is 6.79. The summed E-state index contributed by atoms with van der Waals surface area (Å²) >= 11 is 0. The normalized spacial score (nSPS) is 12.3. The van der Waals surface area contributed by atoms with E-state index in [1.165, 1.54) is 13.2 Å². The molecule has 4 rings (SSSR count). The number of carbonyl (C=O) groups excluding carboxylic acids is 1. The van der Waals surface area contributed by atoms with Gasteiger partial charge >= 0.3 is 12.0 Å². The molecule has 0 aliphatic rings. The first-order valence-corrected chi connectivity index (χ1v) is 11.6. The maximum Gasteiger partial charge on any atom is 0.340 e. The fourth-order valence-electron chi connectivity index (χ4n) is 3.88. The molecule has 8 heteroatoms. The van der Waals surface area contributed by atoms with Crippen LogP contribution in [0.5, 0.6) is 6.01 Å². The first-order valence-electron chi connectivity index (χ1n) is 11.6. The van der Waals surface area contributed by atoms with Crippen molar-refractivity contribution in [1.82, 2.24) is 9.97 Å². The van der Waals surface area contributed by atoms with Gasteiger partial charge in [-0.25, -0.2) is 14.8 Å². The quantitative estimate of drug-likeness (QED) is 0.346. The number of fused-ring (bicyclic) bond motifs is 1. The summed E-state index contributed by atoms with van der Waals surface area (Å²) in [5, 5.41) is 3.87. The van der Waals surface area contributed by atoms with Crippen LogP contribution >= 0.6 is 0 Å². The summed E-state index contributed by atoms with van der Waals surface area (Å²) in [5.74, 6) is -0.0677. The lowest BCUT2D eigenvalue weighted by Gasteiger charge is -2.22. The number of aromatic nitrogens is 2. The second-order valence-corrected chi connectivity index (χ2v) is 9.58. The highest BCUT2D eigenvalue weighted by Crippen LogP contribution is 2.31. The van der Waals surface area contributed by atoms with Gasteiger partial charge in [0.1, 0.15) is 16.9 Å². The van der Waals surface area contributed by atoms with Crippen LogP contribution in [0, 0.1) is 6.92 Å². The molecule has 2 aromatic heterocycles. The summed E-state index contributed by atoms with van der Waals surface area (Å²) in [6.45, 7) is 9.36. The molecule has 0 spiro atoms. The lowest BCUT2D eigenvalue weighted by molar-refractivity contribution is 0.00706. The Balaban J connectivity index is 1.76. The minimum Gasteiger partial charge on any atom is -0.467 e. The number of methoxy groups -OCH3 is 1. The fraction of sp³-hybridized carbons (Fsp3) is 0.286. The second kappa shape index (κ2) is 9.81. The van der Waals surface area contributed by atoms with E-state index in [1.54, 1.807) is 30.6 Å². The van der Waals surface area contributed by atoms with Gasteiger partial charge in [0, 0.05) is 29.7 Å². The molecule has 186 valence electrons. The Labute approximate surface area is 209 Å². The van der Waals surface area contributed by atoms with Gasteiger partial charge in [-0.1, -0.05) is 18.2 Å². The lowest BCUT2D eigenvalue weighted by atomic mass is 10.0. The second-order valence-electron chi connectivity index (χ2n) is 9.58. The maximum absolute atomic E-state index is 13.1. The molecule has 0 fully saturated rings. The predicted octanol–water partition coefficient (Wildman–Crippen LogP) is 5.70. The van der Waals surface area contributed by atoms with Crippen LogP contribution in [-0.4, -0.2) is 28.6 Å². The van der Waals surface area contributed by atoms with Crippen molar-refractivity contribution in [2.45, 2.75) is 46.3 Å². The van der Waals surface area contributed by atoms with Crippen LogP contribution in [0.15, 0.2) is 64.1 Å². The molecule has 0 amide bonds. The van der Waals surface area contributed by atoms with E-state index < -0.39 is 11.6 Å². The van der Waals surface area contributed by atoms with E-state index >= 15 is 0 Å². The zero-order valence-corrected chi connectivity index (χ0v) is 21.2. The number of esters is 1. The van der Waals surface area contributed by atoms with Crippen LogP contribution in [0.3, 0.4) is 0 Å². The summed E-state index contributed by atoms with van der Waals surface area (Å²) in [6, 6.07) is 12.3. The van der Waals surface area contributed by atoms with E-state index in [-0.39, 0.29) is 17.5 Å². The van der Waals surface area contributed by atoms with Crippen molar-refractivity contribution in [2.75, 3.05) is 12.4 Å². The van der Waals surface area contributed by atoms with Crippen LogP contribution < -0.4 is 15.5 Å². The zero-order chi connectivity index (χ0) is 26.0. The Morgan fingerprint density at radius 3 is 2.44 bits per heavy atom. The van der Waals surface area contributed by atoms with Gasteiger partial charge in [0.05, 0.1) is 29.7 Å². The molecule has 0 saturated heterocycles. The van der Waals surface area contributed by atoms with E-state index in [4.69, 9.17) is 13.9 Å². The highest BCUT2D eigenvalue weighted by molar-refractivity contribution is 5.96. The van der Waals surface area contributed by atoms with Crippen molar-refractivity contribution in [3.05, 3.63) is 81.8 Å². The molecular weight excluding hydrogens is 458 g/mol. The number of para-hydroxylation sites is 1. The molecule has 0 bridgehead atoms. The maximum atomic E-state index is 13.1. The SMILES string of the molecule is COc1ncc(-c2cc(=O)c3cc(C)cc(C(C)Nc4ccccc4C(=O)OC(C)(C)C)c3o2)cn1. The monoisotopic (exact) mass is 487 g/mol. The summed E-state index contributed by atoms with van der Waals surface area (Å²) in [5.41, 5.74) is 2.95. The van der Waals surface area contributed by atoms with E-state index in [9.17, 15) is 9.59 Å². The van der Waals surface area contributed by atoms with Crippen molar-refractivity contribution < 1.29 is 18.7 Å². The number of aryl methyl sites for hydroxylation is 1. The van der Waals surface area contributed by atoms with Gasteiger partial charge in [-0.2, -0.15) is 0 Å². The lowest BCUT2D eigenvalue weighted by Crippen LogP contribution is -2.24. The van der Waals surface area contributed by atoms with Gasteiger partial charge < -0.3 is 19.2 Å². The highest BCUT2D eigenvalue weighted by Gasteiger charge is 2.22. The van der Waals surface area contributed by atoms with Gasteiger partial charge in [0.25, 0.3) is 0 Å². The summed E-state index contributed by atoms with van der Waals surface area (Å²) in [6.07, 6.45) is 3.09. The average Bonchev–Trinajstić information content (AvgIpc) is 2.83. The molecule has 2 heterocycles. The van der Waals surface area contributed by atoms with Crippen molar-refractivity contribution in [3.63, 3.8) is 0 Å². The molecule has 0 aliphatic carbocycles. The number of anilines is 1. The van der Waals surface area contributed by atoms with Gasteiger partial charge in [0.15, 0.2) is 5.43 Å². The predicted molar refractivity (Wildman–Crippen MR) is 138 cm³/mol. The minimum absolute atomic E-state index is 0.173. The first-order chi connectivity index (χ1) is 17.1. The van der Waals surface area contributed by atoms with Crippen LogP contribution in [0.1, 0.15) is 55.2 Å². The van der Waals surface area contributed by atoms with Crippen molar-refractivity contribution >= 4 is 22.6 Å². The minimum atomic E-state index is -0.618. The largest absolute Gasteiger partial charge is 0.467 e. The third-order valence-electron chi connectivity index (χ3n) is 5.48. The number of nitrogens with zero attached hydrogens (tertiary/aromatic N) is 2. The third-order valence-corrected chi connectivity index (χ3v) is 5.48. The molecular formula is C28H29N3O5. The van der Waals surface area contributed by atoms with Crippen molar-refractivity contribution in [1.29, 1.82) is 0 Å². The number of rotatable bonds is 6. The molecule has 0 saturated carbocycles. The van der Waals surface area contributed by atoms with E-state index in [1.807, 2.05) is 52.8 Å². The molecule has 0 radical (unpaired) electrons. The average molecular weight is 488 g/mol. The number of nitrogens with one attached hydrogen (secondary N) is 1. The molecule has 2 aromatic carbocycles. The topological polar surface area (TPSA) is 104 Å². The van der Waals surface area contributed by atoms with Gasteiger partial charge in [-0.05, 0) is 58.4 Å². The molecule has 4 aromatic rings. The molecule has 8 nitrogen and oxygen atoms in total. The first kappa shape index (κ1) is 24.9. The number of carbonyl (C=O) groups is 1. The van der Waals surface area contributed by atoms with Crippen LogP contribution in [0.4, 0.5) is 5.69 Å². The Morgan fingerprint density at radius 1 is 1.08 bits per heavy atom. The van der Waals surface area contributed by atoms with Gasteiger partial charge in [0.2, 0.25) is 0 Å². The fourth-order valence-corrected chi connectivity index (χ4v) is 3.88. The van der Waals surface area contributed by atoms with Crippen LogP contribution in [0.25, 0.3) is 22.3 Å². The number of hydrogen-bond acceptors (Lipinski definition) is 8. The Bertz CT molecular complexity index is 1470. The highest BCUT2D eigenvalue weighted by atomic mass is 16.6. The Morgan fingerprint density at radius 2 is 1.78 bits per heavy atom. The molecule has 36 heavy (non-hydrogen) atoms. The zero-order valence-electron chi connectivity index (χ0n) is 21.2. The third kappa shape index (κ3) is 5.38. The van der Waals surface area contributed by atoms with E-state index in [0.717, 1.165) is 11.1 Å². The summed E-state index contributed by atoms with van der Waals surface area (Å²) in [7, 11) is 1.48. The smallest absolute Gasteiger partial charge is 0.340 e. The van der Waals surface area contributed by atoms with Gasteiger partial charge in [-0.3, -0.25) is 4.79 Å². The van der Waals surface area contributed by atoms with Crippen LogP contribution in [0.2, 0.25) is 0 Å². The molecule has 1 atom stereocenters. The summed E-state index contributed by atoms with van der Waals surface area (Å²) < 4.78 is 16.8. The van der Waals surface area contributed by atoms with Gasteiger partial charge in [-0.15, -0.1) is 0 Å². The number of benzene rings is 2. The number of hydrogen-bond donors (Lipinski definition) is 1. The molecule has 1 unspecified atom stereocenters. The Hall–Kier alpha value is -4.20. The summed E-state index contributed by atoms with van der Waals surface area (Å²) in [4.78, 5) is 34.1. The van der Waals surface area contributed by atoms with E-state index in [0.29, 0.717) is 33.5 Å². The van der Waals surface area contributed by atoms with E-state index in [2.05, 4.69) is 15.3 Å². The van der Waals surface area contributed by atoms with Crippen molar-refractivity contribution in [3.8, 4) is 17.3 Å².